The molecule has 1 aliphatic carbocycles. The van der Waals surface area contributed by atoms with E-state index in [1.165, 1.54) is 0 Å². The number of rotatable bonds is 7. The molecular weight excluding hydrogens is 392 g/mol. The molecule has 8 nitrogen and oxygen atoms in total. The Hall–Kier alpha value is -1.66. The van der Waals surface area contributed by atoms with Crippen molar-refractivity contribution in [3.63, 3.8) is 0 Å². The van der Waals surface area contributed by atoms with Crippen LogP contribution in [0.2, 0.25) is 0 Å². The number of carbonyl (C=O) groups is 2. The molecule has 0 radical (unpaired) electrons. The number of hydrogen-bond donors (Lipinski definition) is 3. The van der Waals surface area contributed by atoms with Crippen LogP contribution in [0.1, 0.15) is 76.4 Å². The van der Waals surface area contributed by atoms with Crippen molar-refractivity contribution in [2.45, 2.75) is 83.4 Å². The molecule has 2 atom stereocenters. The van der Waals surface area contributed by atoms with Gasteiger partial charge in [0.1, 0.15) is 6.04 Å². The summed E-state index contributed by atoms with van der Waals surface area (Å²) in [7, 11) is -3.51. The third-order valence-corrected chi connectivity index (χ3v) is 6.73. The highest BCUT2D eigenvalue weighted by Crippen LogP contribution is 2.23. The van der Waals surface area contributed by atoms with E-state index in [0.717, 1.165) is 31.6 Å². The van der Waals surface area contributed by atoms with Gasteiger partial charge in [-0.3, -0.25) is 9.59 Å². The number of nitrogens with one attached hydrogen (secondary N) is 3. The number of piperidine rings is 1. The quantitative estimate of drug-likeness (QED) is 0.567. The fourth-order valence-corrected chi connectivity index (χ4v) is 4.92. The Labute approximate surface area is 179 Å². The van der Waals surface area contributed by atoms with Gasteiger partial charge in [-0.25, -0.2) is 13.1 Å². The minimum absolute atomic E-state index is 0. The van der Waals surface area contributed by atoms with Crippen LogP contribution >= 0.6 is 0 Å². The Morgan fingerprint density at radius 1 is 1.21 bits per heavy atom. The van der Waals surface area contributed by atoms with Crippen molar-refractivity contribution in [2.24, 2.45) is 11.8 Å². The molecule has 2 aliphatic rings. The van der Waals surface area contributed by atoms with E-state index in [-0.39, 0.29) is 29.1 Å². The Balaban J connectivity index is -0.00000111. The van der Waals surface area contributed by atoms with Crippen LogP contribution in [0.15, 0.2) is 0 Å². The molecule has 0 spiro atoms. The lowest BCUT2D eigenvalue weighted by molar-refractivity contribution is -0.127. The van der Waals surface area contributed by atoms with Crippen LogP contribution in [-0.2, 0) is 19.6 Å². The molecule has 0 bridgehead atoms. The van der Waals surface area contributed by atoms with Gasteiger partial charge in [0.05, 0.1) is 17.9 Å². The molecule has 2 rings (SSSR count). The standard InChI is InChI=1S/C16H26N4O4S.C4H10.3H2/c17-10-13(9-12-5-4-8-18-16(12)22)20-15(21)11-19-25(23,24)14-6-2-1-3-7-14;1-4(2)3;;;/h12-14,19H,1-9,11H2,(H,18,22)(H,20,21);4H,1-3H3;3*1H/t12-,13-;;;;/m0..../s1. The summed E-state index contributed by atoms with van der Waals surface area (Å²) in [5.74, 6) is -0.112. The first-order chi connectivity index (χ1) is 13.7. The van der Waals surface area contributed by atoms with Crippen LogP contribution < -0.4 is 15.4 Å². The van der Waals surface area contributed by atoms with Crippen molar-refractivity contribution in [1.29, 1.82) is 5.26 Å². The SMILES string of the molecule is CC(C)C.N#C[C@H](C[C@@H]1CCCNC1=O)NC(=O)CNS(=O)(=O)C1CCCCC1.[HH].[HH].[HH]. The minimum atomic E-state index is -3.51. The van der Waals surface area contributed by atoms with Crippen LogP contribution in [0, 0.1) is 23.2 Å². The summed E-state index contributed by atoms with van der Waals surface area (Å²) in [6.45, 7) is 6.76. The second-order valence-corrected chi connectivity index (χ2v) is 10.5. The van der Waals surface area contributed by atoms with E-state index in [1.54, 1.807) is 0 Å². The van der Waals surface area contributed by atoms with Gasteiger partial charge in [-0.15, -0.1) is 0 Å². The van der Waals surface area contributed by atoms with Gasteiger partial charge in [0.15, 0.2) is 0 Å². The van der Waals surface area contributed by atoms with Crippen LogP contribution in [0.3, 0.4) is 0 Å². The highest BCUT2D eigenvalue weighted by molar-refractivity contribution is 7.90. The molecule has 2 amide bonds. The maximum absolute atomic E-state index is 12.2. The monoisotopic (exact) mass is 434 g/mol. The van der Waals surface area contributed by atoms with Gasteiger partial charge in [0, 0.05) is 16.7 Å². The predicted octanol–water partition coefficient (Wildman–Crippen LogP) is 2.56. The smallest absolute Gasteiger partial charge is 0.236 e. The van der Waals surface area contributed by atoms with Gasteiger partial charge < -0.3 is 10.6 Å². The lowest BCUT2D eigenvalue weighted by Crippen LogP contribution is -2.46. The van der Waals surface area contributed by atoms with E-state index >= 15 is 0 Å². The first-order valence-electron chi connectivity index (χ1n) is 10.6. The van der Waals surface area contributed by atoms with E-state index in [1.807, 2.05) is 6.07 Å². The zero-order valence-corrected chi connectivity index (χ0v) is 18.7. The van der Waals surface area contributed by atoms with Gasteiger partial charge >= 0.3 is 0 Å². The summed E-state index contributed by atoms with van der Waals surface area (Å²) in [5.41, 5.74) is 0. The molecule has 172 valence electrons. The van der Waals surface area contributed by atoms with E-state index < -0.39 is 27.2 Å². The van der Waals surface area contributed by atoms with E-state index in [9.17, 15) is 23.3 Å². The number of sulfonamides is 1. The first-order valence-corrected chi connectivity index (χ1v) is 12.2. The van der Waals surface area contributed by atoms with Crippen LogP contribution in [-0.4, -0.2) is 44.6 Å². The van der Waals surface area contributed by atoms with Crippen molar-refractivity contribution in [2.75, 3.05) is 13.1 Å². The second kappa shape index (κ2) is 12.8. The second-order valence-electron chi connectivity index (χ2n) is 8.47. The molecule has 0 unspecified atom stereocenters. The Morgan fingerprint density at radius 3 is 2.38 bits per heavy atom. The summed E-state index contributed by atoms with van der Waals surface area (Å²) in [4.78, 5) is 23.7. The van der Waals surface area contributed by atoms with Crippen LogP contribution in [0.4, 0.5) is 0 Å². The zero-order valence-electron chi connectivity index (χ0n) is 17.9. The summed E-state index contributed by atoms with van der Waals surface area (Å²) in [6, 6.07) is 1.17. The van der Waals surface area contributed by atoms with Gasteiger partial charge in [-0.05, 0) is 38.0 Å². The number of nitrogens with zero attached hydrogens (tertiary/aromatic N) is 1. The largest absolute Gasteiger partial charge is 0.356 e. The molecule has 1 saturated carbocycles. The van der Waals surface area contributed by atoms with Crippen molar-refractivity contribution in [3.05, 3.63) is 0 Å². The molecular formula is C20H42N4O4S. The van der Waals surface area contributed by atoms with E-state index in [0.29, 0.717) is 25.8 Å². The maximum Gasteiger partial charge on any atom is 0.236 e. The highest BCUT2D eigenvalue weighted by Gasteiger charge is 2.29. The minimum Gasteiger partial charge on any atom is -0.356 e. The summed E-state index contributed by atoms with van der Waals surface area (Å²) < 4.78 is 26.7. The average molecular weight is 435 g/mol. The maximum atomic E-state index is 12.2. The third-order valence-electron chi connectivity index (χ3n) is 4.84. The molecule has 2 fully saturated rings. The average Bonchev–Trinajstić information content (AvgIpc) is 2.68. The van der Waals surface area contributed by atoms with E-state index in [2.05, 4.69) is 36.1 Å². The van der Waals surface area contributed by atoms with Crippen molar-refractivity contribution >= 4 is 21.8 Å². The van der Waals surface area contributed by atoms with Crippen LogP contribution in [0.5, 0.6) is 0 Å². The Morgan fingerprint density at radius 2 is 1.83 bits per heavy atom. The predicted molar refractivity (Wildman–Crippen MR) is 119 cm³/mol. The van der Waals surface area contributed by atoms with Gasteiger partial charge in [0.2, 0.25) is 21.8 Å². The Bertz CT molecular complexity index is 678. The molecule has 1 saturated heterocycles. The number of amides is 2. The zero-order chi connectivity index (χ0) is 21.9. The lowest BCUT2D eigenvalue weighted by atomic mass is 9.92. The lowest BCUT2D eigenvalue weighted by Gasteiger charge is -2.24. The Kier molecular flexibility index (Phi) is 11.2. The van der Waals surface area contributed by atoms with Crippen LogP contribution in [0.25, 0.3) is 0 Å². The molecule has 0 aromatic heterocycles. The van der Waals surface area contributed by atoms with E-state index in [4.69, 9.17) is 0 Å². The third kappa shape index (κ3) is 10.1. The molecule has 1 aliphatic heterocycles. The summed E-state index contributed by atoms with van der Waals surface area (Å²) >= 11 is 0. The normalized spacial score (nSPS) is 21.3. The molecule has 0 aromatic carbocycles. The number of hydrogen-bond acceptors (Lipinski definition) is 5. The van der Waals surface area contributed by atoms with Crippen molar-refractivity contribution < 1.29 is 22.3 Å². The summed E-state index contributed by atoms with van der Waals surface area (Å²) in [5, 5.41) is 14.0. The summed E-state index contributed by atoms with van der Waals surface area (Å²) in [6.07, 6.45) is 5.84. The van der Waals surface area contributed by atoms with Gasteiger partial charge in [-0.1, -0.05) is 40.0 Å². The molecule has 3 N–H and O–H groups in total. The molecule has 0 aromatic rings. The first kappa shape index (κ1) is 25.4. The molecule has 9 heteroatoms. The molecule has 1 heterocycles. The topological polar surface area (TPSA) is 128 Å². The van der Waals surface area contributed by atoms with Gasteiger partial charge in [-0.2, -0.15) is 5.26 Å². The molecule has 29 heavy (non-hydrogen) atoms. The highest BCUT2D eigenvalue weighted by atomic mass is 32.2. The number of carbonyl (C=O) groups excluding carboxylic acids is 2. The fourth-order valence-electron chi connectivity index (χ4n) is 3.39. The van der Waals surface area contributed by atoms with Crippen molar-refractivity contribution in [3.8, 4) is 6.07 Å². The fraction of sp³-hybridized carbons (Fsp3) is 0.850. The number of nitriles is 1. The van der Waals surface area contributed by atoms with Gasteiger partial charge in [0.25, 0.3) is 0 Å². The van der Waals surface area contributed by atoms with Crippen molar-refractivity contribution in [1.82, 2.24) is 15.4 Å².